The maximum absolute atomic E-state index is 11.5. The molecule has 1 unspecified atom stereocenters. The molecule has 2 N–H and O–H groups in total. The molecule has 7 heteroatoms. The second kappa shape index (κ2) is 8.49. The van der Waals surface area contributed by atoms with Gasteiger partial charge in [-0.25, -0.2) is 8.42 Å². The van der Waals surface area contributed by atoms with Gasteiger partial charge in [0.2, 0.25) is 0 Å². The number of aliphatic imine (C=N–C) groups is 1. The Morgan fingerprint density at radius 3 is 2.40 bits per heavy atom. The quantitative estimate of drug-likeness (QED) is 0.598. The van der Waals surface area contributed by atoms with E-state index in [0.717, 1.165) is 17.9 Å². The van der Waals surface area contributed by atoms with Crippen LogP contribution < -0.4 is 10.6 Å². The second-order valence-electron chi connectivity index (χ2n) is 6.10. The normalized spacial score (nSPS) is 13.5. The summed E-state index contributed by atoms with van der Waals surface area (Å²) < 4.78 is 23.0. The Kier molecular flexibility index (Phi) is 6.61. The van der Waals surface area contributed by atoms with Gasteiger partial charge in [0.15, 0.2) is 15.8 Å². The molecule has 1 aromatic heterocycles. The SMILES string of the molecule is CN=C(NCc1ccc(S(C)(=O)=O)cc1)NC(C)Cc1ccc(C)s1. The van der Waals surface area contributed by atoms with E-state index in [-0.39, 0.29) is 6.04 Å². The van der Waals surface area contributed by atoms with Crippen LogP contribution in [0.25, 0.3) is 0 Å². The second-order valence-corrected chi connectivity index (χ2v) is 9.49. The summed E-state index contributed by atoms with van der Waals surface area (Å²) in [5.41, 5.74) is 0.997. The number of aryl methyl sites for hydroxylation is 1. The average molecular weight is 380 g/mol. The predicted molar refractivity (Wildman–Crippen MR) is 105 cm³/mol. The Hall–Kier alpha value is -1.86. The molecule has 0 bridgehead atoms. The molecule has 25 heavy (non-hydrogen) atoms. The topological polar surface area (TPSA) is 70.6 Å². The summed E-state index contributed by atoms with van der Waals surface area (Å²) in [5, 5.41) is 6.64. The van der Waals surface area contributed by atoms with Crippen LogP contribution in [0.3, 0.4) is 0 Å². The van der Waals surface area contributed by atoms with E-state index in [1.165, 1.54) is 16.0 Å². The summed E-state index contributed by atoms with van der Waals surface area (Å²) in [4.78, 5) is 7.25. The highest BCUT2D eigenvalue weighted by Crippen LogP contribution is 2.16. The molecule has 1 heterocycles. The zero-order valence-electron chi connectivity index (χ0n) is 15.0. The lowest BCUT2D eigenvalue weighted by Gasteiger charge is -2.17. The molecule has 0 spiro atoms. The van der Waals surface area contributed by atoms with Crippen molar-refractivity contribution in [3.8, 4) is 0 Å². The van der Waals surface area contributed by atoms with Gasteiger partial charge in [-0.2, -0.15) is 0 Å². The molecule has 0 saturated carbocycles. The van der Waals surface area contributed by atoms with Gasteiger partial charge in [-0.3, -0.25) is 4.99 Å². The van der Waals surface area contributed by atoms with Gasteiger partial charge in [-0.15, -0.1) is 11.3 Å². The molecule has 0 fully saturated rings. The maximum Gasteiger partial charge on any atom is 0.191 e. The molecule has 5 nitrogen and oxygen atoms in total. The number of benzene rings is 1. The van der Waals surface area contributed by atoms with Crippen molar-refractivity contribution >= 4 is 27.1 Å². The molecule has 2 rings (SSSR count). The van der Waals surface area contributed by atoms with Crippen LogP contribution in [0.5, 0.6) is 0 Å². The molecule has 0 amide bonds. The van der Waals surface area contributed by atoms with Crippen LogP contribution in [0, 0.1) is 6.92 Å². The van der Waals surface area contributed by atoms with E-state index in [0.29, 0.717) is 11.4 Å². The van der Waals surface area contributed by atoms with Crippen molar-refractivity contribution in [2.24, 2.45) is 4.99 Å². The van der Waals surface area contributed by atoms with Crippen molar-refractivity contribution in [2.75, 3.05) is 13.3 Å². The highest BCUT2D eigenvalue weighted by Gasteiger charge is 2.09. The number of hydrogen-bond acceptors (Lipinski definition) is 4. The fourth-order valence-electron chi connectivity index (χ4n) is 2.42. The van der Waals surface area contributed by atoms with Gasteiger partial charge >= 0.3 is 0 Å². The Bertz CT molecular complexity index is 824. The van der Waals surface area contributed by atoms with Crippen molar-refractivity contribution in [3.63, 3.8) is 0 Å². The van der Waals surface area contributed by atoms with Crippen molar-refractivity contribution < 1.29 is 8.42 Å². The van der Waals surface area contributed by atoms with E-state index < -0.39 is 9.84 Å². The average Bonchev–Trinajstić information content (AvgIpc) is 2.95. The minimum atomic E-state index is -3.15. The van der Waals surface area contributed by atoms with E-state index >= 15 is 0 Å². The Labute approximate surface area is 154 Å². The van der Waals surface area contributed by atoms with E-state index in [2.05, 4.69) is 41.6 Å². The molecule has 0 radical (unpaired) electrons. The van der Waals surface area contributed by atoms with Crippen LogP contribution in [0.15, 0.2) is 46.3 Å². The Balaban J connectivity index is 1.87. The van der Waals surface area contributed by atoms with Crippen LogP contribution in [0.1, 0.15) is 22.2 Å². The van der Waals surface area contributed by atoms with Crippen molar-refractivity contribution in [3.05, 3.63) is 51.7 Å². The lowest BCUT2D eigenvalue weighted by molar-refractivity contribution is 0.602. The summed E-state index contributed by atoms with van der Waals surface area (Å²) in [5.74, 6) is 0.730. The summed E-state index contributed by atoms with van der Waals surface area (Å²) >= 11 is 1.81. The molecule has 0 aliphatic rings. The van der Waals surface area contributed by atoms with Gasteiger partial charge in [-0.05, 0) is 43.7 Å². The molecule has 0 saturated heterocycles. The van der Waals surface area contributed by atoms with E-state index in [4.69, 9.17) is 0 Å². The van der Waals surface area contributed by atoms with Gasteiger partial charge in [0.25, 0.3) is 0 Å². The fraction of sp³-hybridized carbons (Fsp3) is 0.389. The molecule has 0 aliphatic heterocycles. The molecular weight excluding hydrogens is 354 g/mol. The third-order valence-corrected chi connectivity index (χ3v) is 5.87. The number of nitrogens with one attached hydrogen (secondary N) is 2. The molecule has 0 aliphatic carbocycles. The molecule has 2 aromatic rings. The molecule has 1 aromatic carbocycles. The van der Waals surface area contributed by atoms with Gasteiger partial charge in [-0.1, -0.05) is 12.1 Å². The lowest BCUT2D eigenvalue weighted by atomic mass is 10.2. The number of nitrogens with zero attached hydrogens (tertiary/aromatic N) is 1. The maximum atomic E-state index is 11.5. The first-order valence-electron chi connectivity index (χ1n) is 8.09. The van der Waals surface area contributed by atoms with E-state index in [9.17, 15) is 8.42 Å². The van der Waals surface area contributed by atoms with Crippen molar-refractivity contribution in [2.45, 2.75) is 37.8 Å². The van der Waals surface area contributed by atoms with Crippen LogP contribution in [-0.4, -0.2) is 33.7 Å². The third kappa shape index (κ3) is 6.17. The Morgan fingerprint density at radius 1 is 1.20 bits per heavy atom. The van der Waals surface area contributed by atoms with Crippen LogP contribution in [0.2, 0.25) is 0 Å². The fourth-order valence-corrected chi connectivity index (χ4v) is 4.07. The zero-order valence-corrected chi connectivity index (χ0v) is 16.7. The van der Waals surface area contributed by atoms with Gasteiger partial charge in [0.05, 0.1) is 4.90 Å². The highest BCUT2D eigenvalue weighted by molar-refractivity contribution is 7.90. The molecular formula is C18H25N3O2S2. The van der Waals surface area contributed by atoms with E-state index in [1.807, 2.05) is 23.5 Å². The standard InChI is InChI=1S/C18H25N3O2S2/c1-13(11-16-8-5-14(2)24-16)21-18(19-3)20-12-15-6-9-17(10-7-15)25(4,22)23/h5-10,13H,11-12H2,1-4H3,(H2,19,20,21). The first kappa shape index (κ1) is 19.5. The van der Waals surface area contributed by atoms with Gasteiger partial charge in [0, 0.05) is 42.1 Å². The first-order chi connectivity index (χ1) is 11.8. The van der Waals surface area contributed by atoms with E-state index in [1.54, 1.807) is 19.2 Å². The minimum absolute atomic E-state index is 0.261. The number of thiophene rings is 1. The van der Waals surface area contributed by atoms with Crippen molar-refractivity contribution in [1.82, 2.24) is 10.6 Å². The largest absolute Gasteiger partial charge is 0.354 e. The van der Waals surface area contributed by atoms with Crippen LogP contribution >= 0.6 is 11.3 Å². The van der Waals surface area contributed by atoms with Gasteiger partial charge in [0.1, 0.15) is 0 Å². The minimum Gasteiger partial charge on any atom is -0.354 e. The molecule has 136 valence electrons. The monoisotopic (exact) mass is 379 g/mol. The zero-order chi connectivity index (χ0) is 18.4. The van der Waals surface area contributed by atoms with Crippen LogP contribution in [-0.2, 0) is 22.8 Å². The van der Waals surface area contributed by atoms with Gasteiger partial charge < -0.3 is 10.6 Å². The number of rotatable bonds is 6. The van der Waals surface area contributed by atoms with Crippen LogP contribution in [0.4, 0.5) is 0 Å². The Morgan fingerprint density at radius 2 is 1.88 bits per heavy atom. The number of guanidine groups is 1. The summed E-state index contributed by atoms with van der Waals surface area (Å²) in [6.45, 7) is 4.82. The first-order valence-corrected chi connectivity index (χ1v) is 10.8. The third-order valence-electron chi connectivity index (χ3n) is 3.72. The number of hydrogen-bond donors (Lipinski definition) is 2. The lowest BCUT2D eigenvalue weighted by Crippen LogP contribution is -2.42. The summed E-state index contributed by atoms with van der Waals surface area (Å²) in [6, 6.07) is 11.5. The molecule has 1 atom stereocenters. The number of sulfone groups is 1. The van der Waals surface area contributed by atoms with Crippen molar-refractivity contribution in [1.29, 1.82) is 0 Å². The summed E-state index contributed by atoms with van der Waals surface area (Å²) in [6.07, 6.45) is 2.16. The summed E-state index contributed by atoms with van der Waals surface area (Å²) in [7, 11) is -1.41. The highest BCUT2D eigenvalue weighted by atomic mass is 32.2. The predicted octanol–water partition coefficient (Wildman–Crippen LogP) is 2.76. The smallest absolute Gasteiger partial charge is 0.191 e.